The van der Waals surface area contributed by atoms with E-state index in [9.17, 15) is 9.59 Å². The summed E-state index contributed by atoms with van der Waals surface area (Å²) in [5.41, 5.74) is 17.6. The highest BCUT2D eigenvalue weighted by Gasteiger charge is 2.04. The van der Waals surface area contributed by atoms with Crippen molar-refractivity contribution in [3.8, 4) is 0 Å². The number of nitrogen functional groups attached to an aromatic ring is 2. The minimum atomic E-state index is -1.06. The number of carboxylic acid groups (broad SMARTS) is 1. The molecular weight excluding hydrogens is 322 g/mol. The van der Waals surface area contributed by atoms with Crippen molar-refractivity contribution in [1.82, 2.24) is 9.97 Å². The lowest BCUT2D eigenvalue weighted by molar-refractivity contribution is 0.0690. The number of aryl methyl sites for hydroxylation is 2. The summed E-state index contributed by atoms with van der Waals surface area (Å²) in [4.78, 5) is 28.3. The maximum Gasteiger partial charge on any atom is 0.354 e. The molecule has 0 aliphatic rings. The van der Waals surface area contributed by atoms with Crippen molar-refractivity contribution in [3.63, 3.8) is 0 Å². The molecule has 0 aliphatic heterocycles. The van der Waals surface area contributed by atoms with Gasteiger partial charge in [0, 0.05) is 0 Å². The number of pyridine rings is 2. The minimum absolute atomic E-state index is 0. The fraction of sp³-hybridized carbons (Fsp3) is 0.143. The SMILES string of the molecule is Cc1ccc(C(=O)O)nc1N.Cc1ccc(C(N)=O)nc1N.Cl. The van der Waals surface area contributed by atoms with Gasteiger partial charge in [0.2, 0.25) is 0 Å². The molecule has 23 heavy (non-hydrogen) atoms. The molecule has 2 aromatic rings. The zero-order chi connectivity index (χ0) is 16.9. The van der Waals surface area contributed by atoms with Crippen LogP contribution in [-0.2, 0) is 0 Å². The smallest absolute Gasteiger partial charge is 0.354 e. The predicted octanol–water partition coefficient (Wildman–Crippen LogP) is 1.16. The first kappa shape index (κ1) is 20.1. The van der Waals surface area contributed by atoms with Crippen molar-refractivity contribution >= 4 is 35.9 Å². The highest BCUT2D eigenvalue weighted by atomic mass is 35.5. The van der Waals surface area contributed by atoms with Gasteiger partial charge in [-0.05, 0) is 37.1 Å². The lowest BCUT2D eigenvalue weighted by Crippen LogP contribution is -2.14. The van der Waals surface area contributed by atoms with Gasteiger partial charge in [-0.25, -0.2) is 14.8 Å². The van der Waals surface area contributed by atoms with Gasteiger partial charge in [0.25, 0.3) is 5.91 Å². The van der Waals surface area contributed by atoms with Gasteiger partial charge in [0.05, 0.1) is 0 Å². The molecule has 7 N–H and O–H groups in total. The molecule has 2 rings (SSSR count). The average molecular weight is 340 g/mol. The topological polar surface area (TPSA) is 158 Å². The third-order valence-electron chi connectivity index (χ3n) is 2.74. The molecule has 0 aromatic carbocycles. The first-order valence-corrected chi connectivity index (χ1v) is 6.21. The standard InChI is InChI=1S/C7H9N3O.C7H8N2O2.ClH/c1-4-2-3-5(7(9)11)10-6(4)8;1-4-2-3-5(7(10)11)9-6(4)8;/h2-3H,1H3,(H2,8,10)(H2,9,11);2-3H,1H3,(H2,8,9)(H,10,11);1H. The summed E-state index contributed by atoms with van der Waals surface area (Å²) >= 11 is 0. The Morgan fingerprint density at radius 1 is 0.913 bits per heavy atom. The number of aromatic carboxylic acids is 1. The Bertz CT molecular complexity index is 660. The zero-order valence-electron chi connectivity index (χ0n) is 12.6. The van der Waals surface area contributed by atoms with Gasteiger partial charge >= 0.3 is 5.97 Å². The number of rotatable bonds is 2. The summed E-state index contributed by atoms with van der Waals surface area (Å²) in [5.74, 6) is -1.00. The summed E-state index contributed by atoms with van der Waals surface area (Å²) in [6.45, 7) is 3.58. The summed E-state index contributed by atoms with van der Waals surface area (Å²) in [6.07, 6.45) is 0. The summed E-state index contributed by atoms with van der Waals surface area (Å²) < 4.78 is 0. The fourth-order valence-electron chi connectivity index (χ4n) is 1.35. The number of amides is 1. The average Bonchev–Trinajstić information content (AvgIpc) is 2.45. The van der Waals surface area contributed by atoms with Crippen LogP contribution in [0.3, 0.4) is 0 Å². The van der Waals surface area contributed by atoms with Gasteiger partial charge in [0.1, 0.15) is 17.3 Å². The van der Waals surface area contributed by atoms with E-state index in [1.54, 1.807) is 25.1 Å². The molecule has 124 valence electrons. The molecule has 0 unspecified atom stereocenters. The van der Waals surface area contributed by atoms with Crippen molar-refractivity contribution in [2.75, 3.05) is 11.5 Å². The first-order valence-electron chi connectivity index (χ1n) is 6.21. The van der Waals surface area contributed by atoms with E-state index in [0.717, 1.165) is 11.1 Å². The summed E-state index contributed by atoms with van der Waals surface area (Å²) in [6, 6.07) is 6.32. The van der Waals surface area contributed by atoms with Crippen LogP contribution in [0, 0.1) is 13.8 Å². The Balaban J connectivity index is 0.000000403. The van der Waals surface area contributed by atoms with Gasteiger partial charge in [-0.1, -0.05) is 12.1 Å². The second-order valence-electron chi connectivity index (χ2n) is 4.47. The van der Waals surface area contributed by atoms with Crippen LogP contribution >= 0.6 is 12.4 Å². The van der Waals surface area contributed by atoms with Crippen LogP contribution in [0.15, 0.2) is 24.3 Å². The predicted molar refractivity (Wildman–Crippen MR) is 89.5 cm³/mol. The highest BCUT2D eigenvalue weighted by molar-refractivity contribution is 5.91. The number of nitrogens with zero attached hydrogens (tertiary/aromatic N) is 2. The third-order valence-corrected chi connectivity index (χ3v) is 2.74. The maximum atomic E-state index is 10.6. The molecule has 0 bridgehead atoms. The van der Waals surface area contributed by atoms with Gasteiger partial charge in [-0.2, -0.15) is 0 Å². The van der Waals surface area contributed by atoms with Gasteiger partial charge < -0.3 is 22.3 Å². The molecule has 9 heteroatoms. The molecule has 0 spiro atoms. The normalized spacial score (nSPS) is 9.13. The highest BCUT2D eigenvalue weighted by Crippen LogP contribution is 2.07. The maximum absolute atomic E-state index is 10.6. The molecule has 0 atom stereocenters. The number of carbonyl (C=O) groups is 2. The number of carboxylic acids is 1. The van der Waals surface area contributed by atoms with E-state index in [1.165, 1.54) is 6.07 Å². The van der Waals surface area contributed by atoms with Crippen molar-refractivity contribution in [3.05, 3.63) is 46.8 Å². The van der Waals surface area contributed by atoms with Gasteiger partial charge in [0.15, 0.2) is 5.69 Å². The lowest BCUT2D eigenvalue weighted by atomic mass is 10.2. The zero-order valence-corrected chi connectivity index (χ0v) is 13.4. The van der Waals surface area contributed by atoms with Crippen molar-refractivity contribution in [2.24, 2.45) is 5.73 Å². The van der Waals surface area contributed by atoms with Crippen LogP contribution in [0.1, 0.15) is 32.1 Å². The molecule has 0 aliphatic carbocycles. The van der Waals surface area contributed by atoms with E-state index in [0.29, 0.717) is 5.82 Å². The second-order valence-corrected chi connectivity index (χ2v) is 4.47. The minimum Gasteiger partial charge on any atom is -0.477 e. The lowest BCUT2D eigenvalue weighted by Gasteiger charge is -1.99. The molecule has 0 radical (unpaired) electrons. The Morgan fingerprint density at radius 3 is 1.65 bits per heavy atom. The van der Waals surface area contributed by atoms with Crippen LogP contribution in [0.5, 0.6) is 0 Å². The summed E-state index contributed by atoms with van der Waals surface area (Å²) in [7, 11) is 0. The molecular formula is C14H18ClN5O3. The van der Waals surface area contributed by atoms with Crippen LogP contribution in [-0.4, -0.2) is 27.0 Å². The van der Waals surface area contributed by atoms with E-state index < -0.39 is 11.9 Å². The van der Waals surface area contributed by atoms with E-state index >= 15 is 0 Å². The first-order chi connectivity index (χ1) is 10.2. The third kappa shape index (κ3) is 5.79. The van der Waals surface area contributed by atoms with E-state index in [4.69, 9.17) is 22.3 Å². The molecule has 0 saturated carbocycles. The van der Waals surface area contributed by atoms with Crippen LogP contribution in [0.4, 0.5) is 11.6 Å². The number of primary amides is 1. The number of hydrogen-bond acceptors (Lipinski definition) is 6. The van der Waals surface area contributed by atoms with Gasteiger partial charge in [-0.3, -0.25) is 4.79 Å². The van der Waals surface area contributed by atoms with Crippen molar-refractivity contribution in [2.45, 2.75) is 13.8 Å². The molecule has 0 fully saturated rings. The largest absolute Gasteiger partial charge is 0.477 e. The second kappa shape index (κ2) is 8.54. The number of anilines is 2. The molecule has 8 nitrogen and oxygen atoms in total. The Morgan fingerprint density at radius 2 is 1.30 bits per heavy atom. The molecule has 1 amide bonds. The van der Waals surface area contributed by atoms with Crippen molar-refractivity contribution < 1.29 is 14.7 Å². The number of carbonyl (C=O) groups excluding carboxylic acids is 1. The molecule has 0 saturated heterocycles. The van der Waals surface area contributed by atoms with Crippen molar-refractivity contribution in [1.29, 1.82) is 0 Å². The number of halogens is 1. The molecule has 2 heterocycles. The Hall–Kier alpha value is -2.87. The van der Waals surface area contributed by atoms with Crippen LogP contribution in [0.2, 0.25) is 0 Å². The Labute approximate surface area is 139 Å². The van der Waals surface area contributed by atoms with E-state index in [-0.39, 0.29) is 29.6 Å². The van der Waals surface area contributed by atoms with E-state index in [2.05, 4.69) is 9.97 Å². The molecule has 2 aromatic heterocycles. The Kier molecular flexibility index (Phi) is 7.48. The quantitative estimate of drug-likeness (QED) is 0.638. The fourth-order valence-corrected chi connectivity index (χ4v) is 1.35. The van der Waals surface area contributed by atoms with Crippen LogP contribution in [0.25, 0.3) is 0 Å². The monoisotopic (exact) mass is 339 g/mol. The number of aromatic nitrogens is 2. The van der Waals surface area contributed by atoms with E-state index in [1.807, 2.05) is 6.92 Å². The van der Waals surface area contributed by atoms with Crippen LogP contribution < -0.4 is 17.2 Å². The summed E-state index contributed by atoms with van der Waals surface area (Å²) in [5, 5.41) is 8.48. The number of nitrogens with two attached hydrogens (primary N) is 3. The number of hydrogen-bond donors (Lipinski definition) is 4. The van der Waals surface area contributed by atoms with Gasteiger partial charge in [-0.15, -0.1) is 12.4 Å².